The van der Waals surface area contributed by atoms with Crippen LogP contribution in [0.15, 0.2) is 29.2 Å². The second-order valence-corrected chi connectivity index (χ2v) is 6.44. The molecule has 1 atom stereocenters. The number of hydrogen-bond donors (Lipinski definition) is 0. The molecule has 6 heteroatoms. The molecule has 0 aliphatic rings. The van der Waals surface area contributed by atoms with Gasteiger partial charge in [0.15, 0.2) is 0 Å². The topological polar surface area (TPSA) is 69.7 Å². The fourth-order valence-corrected chi connectivity index (χ4v) is 2.56. The van der Waals surface area contributed by atoms with E-state index in [0.29, 0.717) is 19.3 Å². The van der Waals surface area contributed by atoms with Crippen molar-refractivity contribution < 1.29 is 22.1 Å². The van der Waals surface area contributed by atoms with Gasteiger partial charge in [-0.05, 0) is 31.9 Å². The second-order valence-electron chi connectivity index (χ2n) is 4.82. The Morgan fingerprint density at radius 1 is 1.19 bits per heavy atom. The lowest BCUT2D eigenvalue weighted by Crippen LogP contribution is -2.24. The number of aryl methyl sites for hydroxylation is 1. The molecule has 0 aliphatic carbocycles. The predicted octanol–water partition coefficient (Wildman–Crippen LogP) is 2.82. The largest absolute Gasteiger partial charge is 0.460 e. The van der Waals surface area contributed by atoms with Gasteiger partial charge in [-0.15, -0.1) is 0 Å². The standard InChI is InChI=1S/C15H22O5S/c1-4-6-15(16)20-13(5-2)11-19-21(17,18)14-9-7-12(3)8-10-14/h7-10,13H,4-6,11H2,1-3H3. The first kappa shape index (κ1) is 17.7. The second kappa shape index (κ2) is 8.14. The van der Waals surface area contributed by atoms with Crippen molar-refractivity contribution in [2.75, 3.05) is 6.61 Å². The van der Waals surface area contributed by atoms with Crippen molar-refractivity contribution >= 4 is 16.1 Å². The fourth-order valence-electron chi connectivity index (χ4n) is 1.62. The van der Waals surface area contributed by atoms with Gasteiger partial charge in [-0.25, -0.2) is 0 Å². The third-order valence-electron chi connectivity index (χ3n) is 2.93. The van der Waals surface area contributed by atoms with Crippen LogP contribution in [0.4, 0.5) is 0 Å². The van der Waals surface area contributed by atoms with E-state index in [2.05, 4.69) is 0 Å². The van der Waals surface area contributed by atoms with Crippen molar-refractivity contribution in [3.05, 3.63) is 29.8 Å². The van der Waals surface area contributed by atoms with Crippen LogP contribution >= 0.6 is 0 Å². The lowest BCUT2D eigenvalue weighted by Gasteiger charge is -2.16. The summed E-state index contributed by atoms with van der Waals surface area (Å²) in [6, 6.07) is 6.40. The summed E-state index contributed by atoms with van der Waals surface area (Å²) in [6.07, 6.45) is 0.960. The molecule has 21 heavy (non-hydrogen) atoms. The number of ether oxygens (including phenoxy) is 1. The summed E-state index contributed by atoms with van der Waals surface area (Å²) in [5.41, 5.74) is 0.967. The summed E-state index contributed by atoms with van der Waals surface area (Å²) in [5, 5.41) is 0. The maximum Gasteiger partial charge on any atom is 0.306 e. The van der Waals surface area contributed by atoms with E-state index in [9.17, 15) is 13.2 Å². The van der Waals surface area contributed by atoms with Gasteiger partial charge in [0.2, 0.25) is 0 Å². The molecule has 0 saturated carbocycles. The van der Waals surface area contributed by atoms with Crippen molar-refractivity contribution in [1.29, 1.82) is 0 Å². The predicted molar refractivity (Wildman–Crippen MR) is 79.4 cm³/mol. The minimum Gasteiger partial charge on any atom is -0.460 e. The van der Waals surface area contributed by atoms with E-state index in [1.54, 1.807) is 12.1 Å². The minimum atomic E-state index is -3.82. The van der Waals surface area contributed by atoms with Crippen LogP contribution in [0.3, 0.4) is 0 Å². The number of carbonyl (C=O) groups excluding carboxylic acids is 1. The molecule has 0 spiro atoms. The van der Waals surface area contributed by atoms with Gasteiger partial charge in [0, 0.05) is 6.42 Å². The van der Waals surface area contributed by atoms with Crippen molar-refractivity contribution in [3.8, 4) is 0 Å². The molecule has 0 heterocycles. The van der Waals surface area contributed by atoms with E-state index in [1.165, 1.54) is 12.1 Å². The fraction of sp³-hybridized carbons (Fsp3) is 0.533. The number of carbonyl (C=O) groups is 1. The summed E-state index contributed by atoms with van der Waals surface area (Å²) in [6.45, 7) is 5.39. The van der Waals surface area contributed by atoms with Crippen molar-refractivity contribution in [3.63, 3.8) is 0 Å². The number of benzene rings is 1. The molecule has 0 fully saturated rings. The van der Waals surface area contributed by atoms with Crippen LogP contribution in [-0.2, 0) is 23.8 Å². The summed E-state index contributed by atoms with van der Waals surface area (Å²) < 4.78 is 34.2. The highest BCUT2D eigenvalue weighted by molar-refractivity contribution is 7.86. The van der Waals surface area contributed by atoms with E-state index < -0.39 is 16.2 Å². The molecular formula is C15H22O5S. The van der Waals surface area contributed by atoms with Crippen molar-refractivity contribution in [2.24, 2.45) is 0 Å². The molecule has 1 aromatic rings. The Balaban J connectivity index is 2.62. The Labute approximate surface area is 126 Å². The average Bonchev–Trinajstić information content (AvgIpc) is 2.44. The molecule has 118 valence electrons. The zero-order valence-corrected chi connectivity index (χ0v) is 13.5. The first-order valence-corrected chi connectivity index (χ1v) is 8.45. The van der Waals surface area contributed by atoms with Crippen LogP contribution in [0, 0.1) is 6.92 Å². The lowest BCUT2D eigenvalue weighted by atomic mass is 10.2. The molecule has 0 radical (unpaired) electrons. The lowest BCUT2D eigenvalue weighted by molar-refractivity contribution is -0.150. The van der Waals surface area contributed by atoms with E-state index in [4.69, 9.17) is 8.92 Å². The summed E-state index contributed by atoms with van der Waals surface area (Å²) in [7, 11) is -3.82. The van der Waals surface area contributed by atoms with Crippen LogP contribution < -0.4 is 0 Å². The van der Waals surface area contributed by atoms with Crippen LogP contribution in [0.5, 0.6) is 0 Å². The highest BCUT2D eigenvalue weighted by atomic mass is 32.2. The third-order valence-corrected chi connectivity index (χ3v) is 4.22. The monoisotopic (exact) mass is 314 g/mol. The Hall–Kier alpha value is -1.40. The Kier molecular flexibility index (Phi) is 6.84. The molecule has 0 bridgehead atoms. The molecule has 1 unspecified atom stereocenters. The number of hydrogen-bond acceptors (Lipinski definition) is 5. The van der Waals surface area contributed by atoms with E-state index in [0.717, 1.165) is 5.56 Å². The first-order valence-electron chi connectivity index (χ1n) is 7.04. The molecule has 5 nitrogen and oxygen atoms in total. The van der Waals surface area contributed by atoms with Gasteiger partial charge in [-0.1, -0.05) is 31.5 Å². The van der Waals surface area contributed by atoms with Crippen molar-refractivity contribution in [1.82, 2.24) is 0 Å². The Bertz CT molecular complexity index is 548. The van der Waals surface area contributed by atoms with Gasteiger partial charge in [0.05, 0.1) is 4.90 Å². The molecule has 1 rings (SSSR count). The number of esters is 1. The van der Waals surface area contributed by atoms with Gasteiger partial charge in [0.25, 0.3) is 10.1 Å². The number of rotatable bonds is 8. The van der Waals surface area contributed by atoms with E-state index >= 15 is 0 Å². The highest BCUT2D eigenvalue weighted by Crippen LogP contribution is 2.14. The summed E-state index contributed by atoms with van der Waals surface area (Å²) >= 11 is 0. The van der Waals surface area contributed by atoms with Gasteiger partial charge >= 0.3 is 5.97 Å². The Morgan fingerprint density at radius 2 is 1.81 bits per heavy atom. The summed E-state index contributed by atoms with van der Waals surface area (Å²) in [5.74, 6) is -0.333. The normalized spacial score (nSPS) is 12.9. The van der Waals surface area contributed by atoms with Crippen LogP contribution in [-0.4, -0.2) is 27.1 Å². The summed E-state index contributed by atoms with van der Waals surface area (Å²) in [4.78, 5) is 11.5. The minimum absolute atomic E-state index is 0.0998. The molecule has 0 aromatic heterocycles. The van der Waals surface area contributed by atoms with E-state index in [1.807, 2.05) is 20.8 Å². The van der Waals surface area contributed by atoms with Crippen LogP contribution in [0.1, 0.15) is 38.7 Å². The highest BCUT2D eigenvalue weighted by Gasteiger charge is 2.19. The van der Waals surface area contributed by atoms with Gasteiger partial charge < -0.3 is 4.74 Å². The van der Waals surface area contributed by atoms with E-state index in [-0.39, 0.29) is 17.5 Å². The quantitative estimate of drug-likeness (QED) is 0.545. The molecule has 1 aromatic carbocycles. The molecule has 0 N–H and O–H groups in total. The smallest absolute Gasteiger partial charge is 0.306 e. The first-order chi connectivity index (χ1) is 9.89. The zero-order valence-electron chi connectivity index (χ0n) is 12.7. The molecule has 0 saturated heterocycles. The van der Waals surface area contributed by atoms with Gasteiger partial charge in [0.1, 0.15) is 12.7 Å². The van der Waals surface area contributed by atoms with Gasteiger partial charge in [-0.3, -0.25) is 8.98 Å². The average molecular weight is 314 g/mol. The molecule has 0 amide bonds. The van der Waals surface area contributed by atoms with Crippen LogP contribution in [0.25, 0.3) is 0 Å². The van der Waals surface area contributed by atoms with Gasteiger partial charge in [-0.2, -0.15) is 8.42 Å². The van der Waals surface area contributed by atoms with Crippen LogP contribution in [0.2, 0.25) is 0 Å². The Morgan fingerprint density at radius 3 is 2.33 bits per heavy atom. The maximum atomic E-state index is 12.0. The zero-order chi connectivity index (χ0) is 15.9. The SMILES string of the molecule is CCCC(=O)OC(CC)COS(=O)(=O)c1ccc(C)cc1. The molecule has 0 aliphatic heterocycles. The van der Waals surface area contributed by atoms with Crippen molar-refractivity contribution in [2.45, 2.75) is 51.0 Å². The third kappa shape index (κ3) is 5.85. The maximum absolute atomic E-state index is 12.0. The molecular weight excluding hydrogens is 292 g/mol.